The summed E-state index contributed by atoms with van der Waals surface area (Å²) in [5.74, 6) is 2.55. The molecule has 1 N–H and O–H groups in total. The van der Waals surface area contributed by atoms with Crippen molar-refractivity contribution in [3.05, 3.63) is 0 Å². The maximum atomic E-state index is 10.9. The van der Waals surface area contributed by atoms with Gasteiger partial charge in [-0.1, -0.05) is 13.8 Å². The van der Waals surface area contributed by atoms with Crippen molar-refractivity contribution in [3.8, 4) is 0 Å². The molecule has 0 radical (unpaired) electrons. The summed E-state index contributed by atoms with van der Waals surface area (Å²) in [5, 5.41) is 3.61. The van der Waals surface area contributed by atoms with E-state index in [4.69, 9.17) is 0 Å². The van der Waals surface area contributed by atoms with E-state index >= 15 is 0 Å². The van der Waals surface area contributed by atoms with Gasteiger partial charge in [0.2, 0.25) is 0 Å². The van der Waals surface area contributed by atoms with Gasteiger partial charge in [-0.25, -0.2) is 0 Å². The van der Waals surface area contributed by atoms with Crippen LogP contribution in [0.3, 0.4) is 0 Å². The van der Waals surface area contributed by atoms with Crippen LogP contribution < -0.4 is 5.32 Å². The van der Waals surface area contributed by atoms with Crippen LogP contribution in [0, 0.1) is 11.8 Å². The quantitative estimate of drug-likeness (QED) is 0.735. The molecular formula is C12H25NOS. The Morgan fingerprint density at radius 1 is 1.33 bits per heavy atom. The summed E-state index contributed by atoms with van der Waals surface area (Å²) in [6.07, 6.45) is 6.86. The summed E-state index contributed by atoms with van der Waals surface area (Å²) in [7, 11) is -0.626. The fourth-order valence-corrected chi connectivity index (χ4v) is 3.08. The van der Waals surface area contributed by atoms with Gasteiger partial charge in [0.1, 0.15) is 0 Å². The van der Waals surface area contributed by atoms with E-state index in [0.29, 0.717) is 6.04 Å². The molecular weight excluding hydrogens is 206 g/mol. The van der Waals surface area contributed by atoms with E-state index in [2.05, 4.69) is 19.2 Å². The molecule has 0 saturated heterocycles. The van der Waals surface area contributed by atoms with Gasteiger partial charge in [-0.3, -0.25) is 4.21 Å². The van der Waals surface area contributed by atoms with Crippen molar-refractivity contribution in [1.29, 1.82) is 0 Å². The third-order valence-electron chi connectivity index (χ3n) is 3.45. The van der Waals surface area contributed by atoms with Crippen molar-refractivity contribution in [1.82, 2.24) is 5.32 Å². The molecule has 0 bridgehead atoms. The van der Waals surface area contributed by atoms with E-state index in [0.717, 1.165) is 30.6 Å². The molecule has 0 aromatic carbocycles. The first-order valence-corrected chi connectivity index (χ1v) is 7.85. The molecule has 1 aliphatic rings. The molecule has 0 amide bonds. The SMILES string of the molecule is CC1CCC(NCCCS(C)=O)C(C)C1. The summed E-state index contributed by atoms with van der Waals surface area (Å²) in [4.78, 5) is 0. The minimum Gasteiger partial charge on any atom is -0.314 e. The lowest BCUT2D eigenvalue weighted by Gasteiger charge is -2.33. The Kier molecular flexibility index (Phi) is 5.83. The van der Waals surface area contributed by atoms with Crippen molar-refractivity contribution in [3.63, 3.8) is 0 Å². The normalized spacial score (nSPS) is 33.9. The summed E-state index contributed by atoms with van der Waals surface area (Å²) in [6.45, 7) is 5.74. The highest BCUT2D eigenvalue weighted by Crippen LogP contribution is 2.28. The molecule has 0 heterocycles. The topological polar surface area (TPSA) is 29.1 Å². The molecule has 0 aromatic rings. The van der Waals surface area contributed by atoms with Gasteiger partial charge in [0.05, 0.1) is 0 Å². The first kappa shape index (κ1) is 13.2. The standard InChI is InChI=1S/C12H25NOS/c1-10-5-6-12(11(2)9-10)13-7-4-8-15(3)14/h10-13H,4-9H2,1-3H3. The summed E-state index contributed by atoms with van der Waals surface area (Å²) in [5.41, 5.74) is 0. The van der Waals surface area contributed by atoms with Crippen LogP contribution in [0.2, 0.25) is 0 Å². The van der Waals surface area contributed by atoms with E-state index in [1.165, 1.54) is 19.3 Å². The Hall–Kier alpha value is 0.110. The number of hydrogen-bond acceptors (Lipinski definition) is 2. The molecule has 1 saturated carbocycles. The second-order valence-corrected chi connectivity index (χ2v) is 6.64. The van der Waals surface area contributed by atoms with Crippen LogP contribution in [-0.4, -0.2) is 28.8 Å². The van der Waals surface area contributed by atoms with Gasteiger partial charge in [-0.15, -0.1) is 0 Å². The van der Waals surface area contributed by atoms with Crippen molar-refractivity contribution in [2.45, 2.75) is 45.6 Å². The molecule has 90 valence electrons. The highest BCUT2D eigenvalue weighted by molar-refractivity contribution is 7.84. The van der Waals surface area contributed by atoms with Gasteiger partial charge in [0.25, 0.3) is 0 Å². The molecule has 1 aliphatic carbocycles. The maximum absolute atomic E-state index is 10.9. The minimum absolute atomic E-state index is 0.626. The first-order valence-electron chi connectivity index (χ1n) is 6.13. The Balaban J connectivity index is 2.13. The van der Waals surface area contributed by atoms with Crippen molar-refractivity contribution >= 4 is 10.8 Å². The molecule has 4 unspecified atom stereocenters. The number of hydrogen-bond donors (Lipinski definition) is 1. The van der Waals surface area contributed by atoms with Crippen LogP contribution in [-0.2, 0) is 10.8 Å². The van der Waals surface area contributed by atoms with E-state index < -0.39 is 10.8 Å². The monoisotopic (exact) mass is 231 g/mol. The number of rotatable bonds is 5. The predicted molar refractivity (Wildman–Crippen MR) is 67.5 cm³/mol. The van der Waals surface area contributed by atoms with Gasteiger partial charge >= 0.3 is 0 Å². The van der Waals surface area contributed by atoms with Crippen molar-refractivity contribution in [2.24, 2.45) is 11.8 Å². The molecule has 2 nitrogen and oxygen atoms in total. The Labute approximate surface area is 96.7 Å². The smallest absolute Gasteiger partial charge is 0.0244 e. The van der Waals surface area contributed by atoms with Crippen LogP contribution in [0.25, 0.3) is 0 Å². The van der Waals surface area contributed by atoms with Crippen molar-refractivity contribution < 1.29 is 4.21 Å². The van der Waals surface area contributed by atoms with Crippen molar-refractivity contribution in [2.75, 3.05) is 18.6 Å². The number of nitrogens with one attached hydrogen (secondary N) is 1. The van der Waals surface area contributed by atoms with E-state index in [9.17, 15) is 4.21 Å². The molecule has 15 heavy (non-hydrogen) atoms. The van der Waals surface area contributed by atoms with Gasteiger partial charge in [0.15, 0.2) is 0 Å². The molecule has 0 aromatic heterocycles. The maximum Gasteiger partial charge on any atom is 0.0244 e. The van der Waals surface area contributed by atoms with E-state index in [1.54, 1.807) is 6.26 Å². The summed E-state index contributed by atoms with van der Waals surface area (Å²) in [6, 6.07) is 0.700. The molecule has 3 heteroatoms. The molecule has 0 aliphatic heterocycles. The molecule has 0 spiro atoms. The molecule has 1 fully saturated rings. The second-order valence-electron chi connectivity index (χ2n) is 5.09. The van der Waals surface area contributed by atoms with Crippen LogP contribution >= 0.6 is 0 Å². The largest absolute Gasteiger partial charge is 0.314 e. The van der Waals surface area contributed by atoms with Gasteiger partial charge in [-0.05, 0) is 44.1 Å². The molecule has 1 rings (SSSR count). The zero-order valence-electron chi connectivity index (χ0n) is 10.3. The highest BCUT2D eigenvalue weighted by atomic mass is 32.2. The summed E-state index contributed by atoms with van der Waals surface area (Å²) < 4.78 is 10.9. The van der Waals surface area contributed by atoms with E-state index in [1.807, 2.05) is 0 Å². The second kappa shape index (κ2) is 6.64. The van der Waals surface area contributed by atoms with Crippen LogP contribution in [0.4, 0.5) is 0 Å². The zero-order chi connectivity index (χ0) is 11.3. The van der Waals surface area contributed by atoms with Crippen LogP contribution in [0.15, 0.2) is 0 Å². The van der Waals surface area contributed by atoms with E-state index in [-0.39, 0.29) is 0 Å². The lowest BCUT2D eigenvalue weighted by atomic mass is 9.80. The average Bonchev–Trinajstić information content (AvgIpc) is 2.14. The lowest BCUT2D eigenvalue weighted by molar-refractivity contribution is 0.229. The first-order chi connectivity index (χ1) is 7.09. The van der Waals surface area contributed by atoms with Crippen LogP contribution in [0.5, 0.6) is 0 Å². The fraction of sp³-hybridized carbons (Fsp3) is 1.00. The molecule has 4 atom stereocenters. The third kappa shape index (κ3) is 5.12. The average molecular weight is 231 g/mol. The Bertz CT molecular complexity index is 208. The Morgan fingerprint density at radius 3 is 2.67 bits per heavy atom. The van der Waals surface area contributed by atoms with Gasteiger partial charge in [-0.2, -0.15) is 0 Å². The third-order valence-corrected chi connectivity index (χ3v) is 4.31. The summed E-state index contributed by atoms with van der Waals surface area (Å²) >= 11 is 0. The van der Waals surface area contributed by atoms with Gasteiger partial charge in [0, 0.05) is 28.9 Å². The minimum atomic E-state index is -0.626. The zero-order valence-corrected chi connectivity index (χ0v) is 11.1. The fourth-order valence-electron chi connectivity index (χ4n) is 2.53. The van der Waals surface area contributed by atoms with Crippen LogP contribution in [0.1, 0.15) is 39.5 Å². The highest BCUT2D eigenvalue weighted by Gasteiger charge is 2.24. The van der Waals surface area contributed by atoms with Gasteiger partial charge < -0.3 is 5.32 Å². The Morgan fingerprint density at radius 2 is 2.07 bits per heavy atom. The lowest BCUT2D eigenvalue weighted by Crippen LogP contribution is -2.39. The predicted octanol–water partition coefficient (Wildman–Crippen LogP) is 2.17.